The number of alkyl halides is 12. The number of hydrogen-bond acceptors (Lipinski definition) is 6. The molecule has 0 aromatic heterocycles. The largest absolute Gasteiger partial charge is 0.425 e. The first-order valence-corrected chi connectivity index (χ1v) is 9.97. The molecule has 2 atom stereocenters. The maximum absolute atomic E-state index is 13.1. The summed E-state index contributed by atoms with van der Waals surface area (Å²) in [6.45, 7) is 0.179. The topological polar surface area (TPSA) is 86.7 Å². The van der Waals surface area contributed by atoms with Crippen molar-refractivity contribution in [3.63, 3.8) is 0 Å². The molecule has 0 aromatic carbocycles. The van der Waals surface area contributed by atoms with Crippen LogP contribution in [0.5, 0.6) is 0 Å². The van der Waals surface area contributed by atoms with Crippen molar-refractivity contribution in [1.29, 1.82) is 0 Å². The lowest BCUT2D eigenvalue weighted by atomic mass is 10.2. The molecular formula is C10H10F12O6S2. The number of rotatable bonds is 10. The zero-order valence-corrected chi connectivity index (χ0v) is 15.6. The minimum absolute atomic E-state index is 0.179. The van der Waals surface area contributed by atoms with Gasteiger partial charge in [-0.1, -0.05) is 0 Å². The Hall–Kier alpha value is -1.02. The van der Waals surface area contributed by atoms with Gasteiger partial charge < -0.3 is 0 Å². The summed E-state index contributed by atoms with van der Waals surface area (Å²) in [6.07, 6.45) is -25.3. The van der Waals surface area contributed by atoms with E-state index in [4.69, 9.17) is 0 Å². The van der Waals surface area contributed by atoms with E-state index in [-0.39, 0.29) is 6.92 Å². The van der Waals surface area contributed by atoms with Gasteiger partial charge in [0.25, 0.3) is 32.6 Å². The van der Waals surface area contributed by atoms with Gasteiger partial charge in [-0.05, 0) is 6.92 Å². The maximum atomic E-state index is 13.1. The van der Waals surface area contributed by atoms with Crippen LogP contribution >= 0.6 is 0 Å². The predicted octanol–water partition coefficient (Wildman–Crippen LogP) is 3.10. The second kappa shape index (κ2) is 8.85. The summed E-state index contributed by atoms with van der Waals surface area (Å²) in [7, 11) is -11.8. The third kappa shape index (κ3) is 9.00. The van der Waals surface area contributed by atoms with E-state index in [1.54, 1.807) is 0 Å². The van der Waals surface area contributed by atoms with Crippen molar-refractivity contribution < 1.29 is 77.9 Å². The summed E-state index contributed by atoms with van der Waals surface area (Å²) in [4.78, 5) is 0. The lowest BCUT2D eigenvalue weighted by molar-refractivity contribution is -0.238. The van der Waals surface area contributed by atoms with E-state index in [1.807, 2.05) is 0 Å². The maximum Gasteiger partial charge on any atom is 0.425 e. The molecule has 182 valence electrons. The molecule has 0 rings (SSSR count). The van der Waals surface area contributed by atoms with Crippen LogP contribution in [-0.2, 0) is 28.6 Å². The van der Waals surface area contributed by atoms with Crippen molar-refractivity contribution in [2.75, 3.05) is 11.5 Å². The fourth-order valence-electron chi connectivity index (χ4n) is 1.59. The molecule has 0 amide bonds. The molecule has 0 saturated carbocycles. The molecule has 6 nitrogen and oxygen atoms in total. The molecule has 0 aliphatic rings. The highest BCUT2D eigenvalue weighted by Gasteiger charge is 2.60. The number of halogens is 12. The van der Waals surface area contributed by atoms with Crippen LogP contribution in [0.3, 0.4) is 0 Å². The molecule has 0 spiro atoms. The van der Waals surface area contributed by atoms with Crippen molar-refractivity contribution >= 4 is 20.2 Å². The average Bonchev–Trinajstić information content (AvgIpc) is 2.39. The minimum atomic E-state index is -6.21. The normalized spacial score (nSPS) is 18.2. The van der Waals surface area contributed by atoms with Gasteiger partial charge in [-0.25, -0.2) is 34.7 Å². The Morgan fingerprint density at radius 2 is 0.867 bits per heavy atom. The van der Waals surface area contributed by atoms with Crippen molar-refractivity contribution in [3.8, 4) is 0 Å². The van der Waals surface area contributed by atoms with Crippen LogP contribution in [0.25, 0.3) is 0 Å². The van der Waals surface area contributed by atoms with E-state index in [0.29, 0.717) is 0 Å². The van der Waals surface area contributed by atoms with Gasteiger partial charge in [-0.15, -0.1) is 0 Å². The molecule has 2 unspecified atom stereocenters. The molecule has 0 aliphatic carbocycles. The van der Waals surface area contributed by atoms with E-state index in [0.717, 1.165) is 0 Å². The summed E-state index contributed by atoms with van der Waals surface area (Å²) in [5, 5.41) is 0. The van der Waals surface area contributed by atoms with Gasteiger partial charge in [0.2, 0.25) is 0 Å². The molecule has 0 N–H and O–H groups in total. The molecular weight excluding hydrogens is 508 g/mol. The van der Waals surface area contributed by atoms with Crippen molar-refractivity contribution in [1.82, 2.24) is 0 Å². The Labute approximate surface area is 160 Å². The summed E-state index contributed by atoms with van der Waals surface area (Å²) in [5.74, 6) is -17.3. The van der Waals surface area contributed by atoms with Crippen LogP contribution in [0.2, 0.25) is 0 Å². The van der Waals surface area contributed by atoms with Crippen LogP contribution in [-0.4, -0.2) is 71.2 Å². The van der Waals surface area contributed by atoms with Crippen molar-refractivity contribution in [2.45, 2.75) is 49.8 Å². The Bertz CT molecular complexity index is 721. The third-order valence-corrected chi connectivity index (χ3v) is 5.22. The summed E-state index contributed by atoms with van der Waals surface area (Å²) < 4.78 is 201. The van der Waals surface area contributed by atoms with Crippen molar-refractivity contribution in [3.05, 3.63) is 0 Å². The summed E-state index contributed by atoms with van der Waals surface area (Å²) in [6, 6.07) is 0. The van der Waals surface area contributed by atoms with Gasteiger partial charge in [-0.3, -0.25) is 0 Å². The monoisotopic (exact) mass is 518 g/mol. The van der Waals surface area contributed by atoms with Crippen molar-refractivity contribution in [2.24, 2.45) is 0 Å². The second-order valence-corrected chi connectivity index (χ2v) is 8.69. The fraction of sp³-hybridized carbons (Fsp3) is 1.00. The lowest BCUT2D eigenvalue weighted by Gasteiger charge is -2.24. The van der Waals surface area contributed by atoms with Crippen LogP contribution in [0.15, 0.2) is 0 Å². The van der Waals surface area contributed by atoms with Gasteiger partial charge in [0.15, 0.2) is 6.29 Å². The molecule has 0 fully saturated rings. The molecule has 0 aliphatic heterocycles. The molecule has 0 aromatic rings. The molecule has 0 bridgehead atoms. The highest BCUT2D eigenvalue weighted by atomic mass is 32.2. The van der Waals surface area contributed by atoms with E-state index < -0.39 is 74.6 Å². The molecule has 30 heavy (non-hydrogen) atoms. The van der Waals surface area contributed by atoms with E-state index >= 15 is 0 Å². The molecule has 20 heteroatoms. The Balaban J connectivity index is 5.25. The van der Waals surface area contributed by atoms with Crippen LogP contribution in [0.1, 0.15) is 6.92 Å². The van der Waals surface area contributed by atoms with E-state index in [9.17, 15) is 69.5 Å². The first-order chi connectivity index (χ1) is 12.8. The summed E-state index contributed by atoms with van der Waals surface area (Å²) >= 11 is 0. The Morgan fingerprint density at radius 1 is 0.633 bits per heavy atom. The molecule has 0 heterocycles. The smallest absolute Gasteiger partial charge is 0.237 e. The highest BCUT2D eigenvalue weighted by molar-refractivity contribution is 7.87. The Kier molecular flexibility index (Phi) is 8.55. The average molecular weight is 518 g/mol. The third-order valence-electron chi connectivity index (χ3n) is 2.62. The molecule has 0 radical (unpaired) electrons. The van der Waals surface area contributed by atoms with Crippen LogP contribution in [0.4, 0.5) is 52.7 Å². The highest BCUT2D eigenvalue weighted by Crippen LogP contribution is 2.37. The van der Waals surface area contributed by atoms with Gasteiger partial charge >= 0.3 is 24.2 Å². The second-order valence-electron chi connectivity index (χ2n) is 5.49. The van der Waals surface area contributed by atoms with E-state index in [1.165, 1.54) is 0 Å². The van der Waals surface area contributed by atoms with Gasteiger partial charge in [-0.2, -0.15) is 43.2 Å². The SMILES string of the molecule is CC(OS(=O)(=O)CC(F)(F)C(F)C(F)(F)F)OS(=O)(=O)CC(F)(F)C(F)C(F)(F)F. The minimum Gasteiger partial charge on any atom is -0.237 e. The zero-order valence-electron chi connectivity index (χ0n) is 13.9. The van der Waals surface area contributed by atoms with Crippen LogP contribution in [0, 0.1) is 0 Å². The first kappa shape index (κ1) is 29.0. The summed E-state index contributed by atoms with van der Waals surface area (Å²) in [5.41, 5.74) is 0. The lowest BCUT2D eigenvalue weighted by Crippen LogP contribution is -2.47. The zero-order chi connectivity index (χ0) is 24.6. The van der Waals surface area contributed by atoms with Gasteiger partial charge in [0.05, 0.1) is 0 Å². The van der Waals surface area contributed by atoms with E-state index in [2.05, 4.69) is 8.37 Å². The quantitative estimate of drug-likeness (QED) is 0.251. The van der Waals surface area contributed by atoms with Crippen LogP contribution < -0.4 is 0 Å². The first-order valence-electron chi connectivity index (χ1n) is 6.81. The molecule has 0 saturated heterocycles. The van der Waals surface area contributed by atoms with Gasteiger partial charge in [0.1, 0.15) is 11.5 Å². The predicted molar refractivity (Wildman–Crippen MR) is 71.0 cm³/mol. The standard InChI is InChI=1S/C10H10F12O6S2/c1-4(27-29(23,24)2-7(13,14)5(11)9(17,18)19)28-30(25,26)3-8(15,16)6(12)10(20,21)22/h4-6H,2-3H2,1H3. The number of hydrogen-bond donors (Lipinski definition) is 0. The Morgan fingerprint density at radius 3 is 1.07 bits per heavy atom. The van der Waals surface area contributed by atoms with Gasteiger partial charge in [0, 0.05) is 0 Å². The fourth-order valence-corrected chi connectivity index (χ4v) is 3.92.